The van der Waals surface area contributed by atoms with Crippen LogP contribution >= 0.6 is 0 Å². The van der Waals surface area contributed by atoms with E-state index < -0.39 is 5.60 Å². The van der Waals surface area contributed by atoms with Crippen molar-refractivity contribution in [2.24, 2.45) is 5.92 Å². The number of hydrogen-bond donors (Lipinski definition) is 1. The summed E-state index contributed by atoms with van der Waals surface area (Å²) in [5.74, 6) is 3.00. The average Bonchev–Trinajstić information content (AvgIpc) is 3.48. The summed E-state index contributed by atoms with van der Waals surface area (Å²) < 4.78 is 17.0. The van der Waals surface area contributed by atoms with Crippen molar-refractivity contribution < 1.29 is 19.3 Å². The molecular weight excluding hydrogens is 524 g/mol. The first kappa shape index (κ1) is 30.4. The third-order valence-corrected chi connectivity index (χ3v) is 8.75. The molecule has 226 valence electrons. The normalized spacial score (nSPS) is 17.7. The molecule has 0 saturated carbocycles. The van der Waals surface area contributed by atoms with Gasteiger partial charge < -0.3 is 24.2 Å². The van der Waals surface area contributed by atoms with Crippen molar-refractivity contribution in [1.29, 1.82) is 0 Å². The second-order valence-corrected chi connectivity index (χ2v) is 12.3. The van der Waals surface area contributed by atoms with Crippen LogP contribution in [0, 0.1) is 5.92 Å². The van der Waals surface area contributed by atoms with Gasteiger partial charge in [0, 0.05) is 45.2 Å². The highest BCUT2D eigenvalue weighted by molar-refractivity contribution is 5.44. The maximum atomic E-state index is 12.7. The molecule has 2 atom stereocenters. The van der Waals surface area contributed by atoms with Crippen molar-refractivity contribution >= 4 is 0 Å². The lowest BCUT2D eigenvalue weighted by atomic mass is 9.73. The number of benzene rings is 3. The van der Waals surface area contributed by atoms with E-state index in [1.54, 1.807) is 0 Å². The zero-order chi connectivity index (χ0) is 29.4. The molecule has 2 aliphatic rings. The first-order valence-electron chi connectivity index (χ1n) is 15.8. The van der Waals surface area contributed by atoms with E-state index in [0.29, 0.717) is 19.1 Å². The first-order valence-corrected chi connectivity index (χ1v) is 15.8. The van der Waals surface area contributed by atoms with Crippen LogP contribution in [0.15, 0.2) is 72.8 Å². The van der Waals surface area contributed by atoms with Crippen LogP contribution in [0.4, 0.5) is 0 Å². The largest absolute Gasteiger partial charge is 0.494 e. The van der Waals surface area contributed by atoms with Crippen LogP contribution in [0.25, 0.3) is 0 Å². The Bertz CT molecular complexity index is 1240. The van der Waals surface area contributed by atoms with Crippen molar-refractivity contribution in [3.8, 4) is 17.2 Å². The van der Waals surface area contributed by atoms with Gasteiger partial charge in [0.2, 0.25) is 6.79 Å². The molecule has 42 heavy (non-hydrogen) atoms. The third-order valence-electron chi connectivity index (χ3n) is 8.75. The van der Waals surface area contributed by atoms with E-state index in [2.05, 4.69) is 85.2 Å². The van der Waals surface area contributed by atoms with E-state index in [4.69, 9.17) is 14.2 Å². The minimum absolute atomic E-state index is 0.0512. The van der Waals surface area contributed by atoms with Gasteiger partial charge in [0.15, 0.2) is 11.5 Å². The number of fused-ring (bicyclic) bond motifs is 1. The van der Waals surface area contributed by atoms with Crippen molar-refractivity contribution in [3.05, 3.63) is 89.5 Å². The van der Waals surface area contributed by atoms with Gasteiger partial charge in [0.1, 0.15) is 5.75 Å². The average molecular weight is 573 g/mol. The molecule has 2 heterocycles. The molecule has 5 rings (SSSR count). The van der Waals surface area contributed by atoms with Crippen LogP contribution in [0.5, 0.6) is 17.2 Å². The molecular formula is C36H48N2O4. The quantitative estimate of drug-likeness (QED) is 0.214. The number of rotatable bonds is 14. The fraction of sp³-hybridized carbons (Fsp3) is 0.500. The number of unbranched alkanes of at least 4 members (excludes halogenated alkanes) is 1. The van der Waals surface area contributed by atoms with Gasteiger partial charge in [-0.25, -0.2) is 0 Å². The van der Waals surface area contributed by atoms with Crippen molar-refractivity contribution in [1.82, 2.24) is 9.80 Å². The minimum atomic E-state index is -0.989. The SMILES string of the molecule is CCCCOc1ccc(C(O)(CCC(C)C)C(CN2CCN(Cc3ccc4c(c3)OCO4)CC2)c2ccccc2)cc1. The number of nitrogens with zero attached hydrogens (tertiary/aromatic N) is 2. The van der Waals surface area contributed by atoms with Gasteiger partial charge in [0.25, 0.3) is 0 Å². The molecule has 0 spiro atoms. The molecule has 1 saturated heterocycles. The fourth-order valence-corrected chi connectivity index (χ4v) is 6.11. The standard InChI is InChI=1S/C36H48N2O4/c1-4-5-23-40-32-14-12-31(13-15-32)36(39,18-17-28(2)3)33(30-9-7-6-8-10-30)26-38-21-19-37(20-22-38)25-29-11-16-34-35(24-29)42-27-41-34/h6-16,24,28,33,39H,4-5,17-23,25-27H2,1-3H3. The Morgan fingerprint density at radius 2 is 1.60 bits per heavy atom. The van der Waals surface area contributed by atoms with Gasteiger partial charge >= 0.3 is 0 Å². The highest BCUT2D eigenvalue weighted by Crippen LogP contribution is 2.43. The van der Waals surface area contributed by atoms with Crippen LogP contribution in [0.2, 0.25) is 0 Å². The van der Waals surface area contributed by atoms with Gasteiger partial charge in [-0.3, -0.25) is 4.90 Å². The number of hydrogen-bond acceptors (Lipinski definition) is 6. The summed E-state index contributed by atoms with van der Waals surface area (Å²) in [5, 5.41) is 12.7. The molecule has 2 aliphatic heterocycles. The highest BCUT2D eigenvalue weighted by Gasteiger charge is 2.40. The lowest BCUT2D eigenvalue weighted by Gasteiger charge is -2.43. The summed E-state index contributed by atoms with van der Waals surface area (Å²) in [6, 6.07) is 25.1. The third kappa shape index (κ3) is 7.66. The van der Waals surface area contributed by atoms with Crippen molar-refractivity contribution in [2.75, 3.05) is 46.1 Å². The fourth-order valence-electron chi connectivity index (χ4n) is 6.11. The molecule has 0 bridgehead atoms. The zero-order valence-electron chi connectivity index (χ0n) is 25.6. The Morgan fingerprint density at radius 3 is 2.31 bits per heavy atom. The van der Waals surface area contributed by atoms with Crippen LogP contribution in [0.1, 0.15) is 69.1 Å². The molecule has 0 aliphatic carbocycles. The molecule has 0 amide bonds. The molecule has 6 nitrogen and oxygen atoms in total. The minimum Gasteiger partial charge on any atom is -0.494 e. The zero-order valence-corrected chi connectivity index (χ0v) is 25.6. The molecule has 1 fully saturated rings. The van der Waals surface area contributed by atoms with Crippen molar-refractivity contribution in [2.45, 2.75) is 64.5 Å². The smallest absolute Gasteiger partial charge is 0.231 e. The summed E-state index contributed by atoms with van der Waals surface area (Å²) in [6.45, 7) is 13.3. The van der Waals surface area contributed by atoms with Crippen LogP contribution < -0.4 is 14.2 Å². The van der Waals surface area contributed by atoms with Gasteiger partial charge in [0.05, 0.1) is 12.2 Å². The van der Waals surface area contributed by atoms with Gasteiger partial charge in [-0.1, -0.05) is 75.7 Å². The lowest BCUT2D eigenvalue weighted by Crippen LogP contribution is -2.49. The van der Waals surface area contributed by atoms with E-state index in [-0.39, 0.29) is 5.92 Å². The van der Waals surface area contributed by atoms with E-state index in [1.807, 2.05) is 18.2 Å². The summed E-state index contributed by atoms with van der Waals surface area (Å²) in [4.78, 5) is 5.05. The Hall–Kier alpha value is -3.06. The predicted molar refractivity (Wildman–Crippen MR) is 168 cm³/mol. The monoisotopic (exact) mass is 572 g/mol. The van der Waals surface area contributed by atoms with E-state index >= 15 is 0 Å². The number of ether oxygens (including phenoxy) is 3. The first-order chi connectivity index (χ1) is 20.4. The Kier molecular flexibility index (Phi) is 10.4. The maximum absolute atomic E-state index is 12.7. The molecule has 0 radical (unpaired) electrons. The molecule has 0 aromatic heterocycles. The second-order valence-electron chi connectivity index (χ2n) is 12.3. The second kappa shape index (κ2) is 14.4. The predicted octanol–water partition coefficient (Wildman–Crippen LogP) is 6.82. The summed E-state index contributed by atoms with van der Waals surface area (Å²) in [7, 11) is 0. The summed E-state index contributed by atoms with van der Waals surface area (Å²) in [5.41, 5.74) is 2.42. The van der Waals surface area contributed by atoms with E-state index in [1.165, 1.54) is 11.1 Å². The Morgan fingerprint density at radius 1 is 0.881 bits per heavy atom. The topological polar surface area (TPSA) is 54.4 Å². The molecule has 6 heteroatoms. The number of aliphatic hydroxyl groups is 1. The number of piperazine rings is 1. The Labute approximate surface area is 252 Å². The van der Waals surface area contributed by atoms with Gasteiger partial charge in [-0.15, -0.1) is 0 Å². The van der Waals surface area contributed by atoms with Crippen LogP contribution in [-0.4, -0.2) is 61.0 Å². The van der Waals surface area contributed by atoms with E-state index in [9.17, 15) is 5.11 Å². The van der Waals surface area contributed by atoms with Gasteiger partial charge in [-0.05, 0) is 66.1 Å². The van der Waals surface area contributed by atoms with Crippen LogP contribution in [-0.2, 0) is 12.1 Å². The van der Waals surface area contributed by atoms with Crippen molar-refractivity contribution in [3.63, 3.8) is 0 Å². The highest BCUT2D eigenvalue weighted by atomic mass is 16.7. The summed E-state index contributed by atoms with van der Waals surface area (Å²) >= 11 is 0. The molecule has 2 unspecified atom stereocenters. The van der Waals surface area contributed by atoms with E-state index in [0.717, 1.165) is 87.9 Å². The Balaban J connectivity index is 1.31. The van der Waals surface area contributed by atoms with Crippen LogP contribution in [0.3, 0.4) is 0 Å². The molecule has 3 aromatic carbocycles. The molecule has 1 N–H and O–H groups in total. The summed E-state index contributed by atoms with van der Waals surface area (Å²) in [6.07, 6.45) is 3.82. The molecule has 3 aromatic rings. The lowest BCUT2D eigenvalue weighted by molar-refractivity contribution is -0.0217. The van der Waals surface area contributed by atoms with Gasteiger partial charge in [-0.2, -0.15) is 0 Å². The maximum Gasteiger partial charge on any atom is 0.231 e.